The first-order chi connectivity index (χ1) is 6.33. The Bertz CT molecular complexity index is 231. The highest BCUT2D eigenvalue weighted by Crippen LogP contribution is 2.27. The topological polar surface area (TPSA) is 46.3 Å². The summed E-state index contributed by atoms with van der Waals surface area (Å²) in [6.45, 7) is 3.24. The van der Waals surface area contributed by atoms with Gasteiger partial charge in [-0.3, -0.25) is 4.79 Å². The number of amides is 1. The maximum absolute atomic E-state index is 12.8. The van der Waals surface area contributed by atoms with Crippen LogP contribution in [0.4, 0.5) is 8.78 Å². The van der Waals surface area contributed by atoms with Crippen LogP contribution >= 0.6 is 0 Å². The second kappa shape index (κ2) is 3.81. The first kappa shape index (κ1) is 11.4. The number of carbonyl (C=O) groups excluding carboxylic acids is 1. The number of nitrogens with zero attached hydrogens (tertiary/aromatic N) is 1. The maximum Gasteiger partial charge on any atom is 0.267 e. The van der Waals surface area contributed by atoms with Crippen molar-refractivity contribution in [3.05, 3.63) is 0 Å². The summed E-state index contributed by atoms with van der Waals surface area (Å²) < 4.78 is 25.6. The Labute approximate surface area is 82.2 Å². The predicted molar refractivity (Wildman–Crippen MR) is 49.0 cm³/mol. The fourth-order valence-corrected chi connectivity index (χ4v) is 1.42. The molecule has 1 fully saturated rings. The fraction of sp³-hybridized carbons (Fsp3) is 0.889. The second-order valence-corrected chi connectivity index (χ2v) is 4.14. The molecule has 1 atom stereocenters. The highest BCUT2D eigenvalue weighted by Gasteiger charge is 2.41. The van der Waals surface area contributed by atoms with Gasteiger partial charge in [0, 0.05) is 13.0 Å². The van der Waals surface area contributed by atoms with Crippen LogP contribution in [0.15, 0.2) is 0 Å². The molecule has 82 valence electrons. The third-order valence-electron chi connectivity index (χ3n) is 2.48. The highest BCUT2D eigenvalue weighted by atomic mass is 19.3. The van der Waals surface area contributed by atoms with Crippen LogP contribution in [-0.2, 0) is 4.79 Å². The lowest BCUT2D eigenvalue weighted by Crippen LogP contribution is -2.46. The summed E-state index contributed by atoms with van der Waals surface area (Å²) in [6, 6.07) is -0.663. The van der Waals surface area contributed by atoms with Gasteiger partial charge in [-0.05, 0) is 5.92 Å². The maximum atomic E-state index is 12.8. The smallest absolute Gasteiger partial charge is 0.267 e. The Hall–Kier alpha value is -0.710. The van der Waals surface area contributed by atoms with Gasteiger partial charge in [-0.25, -0.2) is 8.78 Å². The number of hydrogen-bond acceptors (Lipinski definition) is 2. The number of carbonyl (C=O) groups is 1. The van der Waals surface area contributed by atoms with Crippen molar-refractivity contribution in [2.75, 3.05) is 13.1 Å². The van der Waals surface area contributed by atoms with Crippen molar-refractivity contribution in [3.63, 3.8) is 0 Å². The van der Waals surface area contributed by atoms with Crippen LogP contribution in [0.5, 0.6) is 0 Å². The average molecular weight is 206 g/mol. The summed E-state index contributed by atoms with van der Waals surface area (Å²) >= 11 is 0. The molecular weight excluding hydrogens is 190 g/mol. The van der Waals surface area contributed by atoms with Crippen molar-refractivity contribution in [2.24, 2.45) is 11.7 Å². The lowest BCUT2D eigenvalue weighted by molar-refractivity contribution is -0.134. The molecule has 14 heavy (non-hydrogen) atoms. The lowest BCUT2D eigenvalue weighted by Gasteiger charge is -2.22. The van der Waals surface area contributed by atoms with Gasteiger partial charge < -0.3 is 10.6 Å². The van der Waals surface area contributed by atoms with Crippen molar-refractivity contribution in [2.45, 2.75) is 32.2 Å². The molecule has 0 aliphatic carbocycles. The van der Waals surface area contributed by atoms with E-state index in [2.05, 4.69) is 0 Å². The molecule has 0 saturated carbocycles. The standard InChI is InChI=1S/C9H16F2N2O/c1-6(2)7(12)8(14)13-4-3-9(10,11)5-13/h6-7H,3-5,12H2,1-2H3/t7-/m0/s1. The van der Waals surface area contributed by atoms with Gasteiger partial charge in [0.2, 0.25) is 5.91 Å². The van der Waals surface area contributed by atoms with Crippen LogP contribution in [0, 0.1) is 5.92 Å². The van der Waals surface area contributed by atoms with Crippen LogP contribution in [0.2, 0.25) is 0 Å². The van der Waals surface area contributed by atoms with Crippen LogP contribution in [-0.4, -0.2) is 35.9 Å². The monoisotopic (exact) mass is 206 g/mol. The third-order valence-corrected chi connectivity index (χ3v) is 2.48. The molecule has 1 heterocycles. The lowest BCUT2D eigenvalue weighted by atomic mass is 10.0. The molecule has 3 nitrogen and oxygen atoms in total. The highest BCUT2D eigenvalue weighted by molar-refractivity contribution is 5.82. The summed E-state index contributed by atoms with van der Waals surface area (Å²) in [7, 11) is 0. The van der Waals surface area contributed by atoms with E-state index >= 15 is 0 Å². The molecule has 0 unspecified atom stereocenters. The first-order valence-electron chi connectivity index (χ1n) is 4.76. The van der Waals surface area contributed by atoms with E-state index in [0.29, 0.717) is 0 Å². The van der Waals surface area contributed by atoms with E-state index in [4.69, 9.17) is 5.73 Å². The molecule has 0 aromatic rings. The van der Waals surface area contributed by atoms with E-state index in [0.717, 1.165) is 4.90 Å². The SMILES string of the molecule is CC(C)[C@H](N)C(=O)N1CCC(F)(F)C1. The first-order valence-corrected chi connectivity index (χ1v) is 4.76. The van der Waals surface area contributed by atoms with Crippen molar-refractivity contribution in [1.82, 2.24) is 4.90 Å². The molecule has 0 aromatic heterocycles. The van der Waals surface area contributed by atoms with E-state index in [-0.39, 0.29) is 24.8 Å². The summed E-state index contributed by atoms with van der Waals surface area (Å²) in [6.07, 6.45) is -0.246. The number of rotatable bonds is 2. The molecule has 2 N–H and O–H groups in total. The summed E-state index contributed by atoms with van der Waals surface area (Å²) in [5.74, 6) is -3.11. The molecule has 1 aliphatic heterocycles. The fourth-order valence-electron chi connectivity index (χ4n) is 1.42. The van der Waals surface area contributed by atoms with E-state index in [1.54, 1.807) is 13.8 Å². The average Bonchev–Trinajstić information content (AvgIpc) is 2.43. The summed E-state index contributed by atoms with van der Waals surface area (Å²) in [5, 5.41) is 0. The minimum atomic E-state index is -2.73. The van der Waals surface area contributed by atoms with E-state index in [9.17, 15) is 13.6 Å². The number of likely N-dealkylation sites (tertiary alicyclic amines) is 1. The Morgan fingerprint density at radius 1 is 1.50 bits per heavy atom. The van der Waals surface area contributed by atoms with Gasteiger partial charge in [0.1, 0.15) is 0 Å². The molecule has 1 rings (SSSR count). The second-order valence-electron chi connectivity index (χ2n) is 4.14. The Balaban J connectivity index is 2.56. The van der Waals surface area contributed by atoms with Crippen LogP contribution in [0.3, 0.4) is 0 Å². The van der Waals surface area contributed by atoms with Crippen molar-refractivity contribution < 1.29 is 13.6 Å². The number of alkyl halides is 2. The quantitative estimate of drug-likeness (QED) is 0.727. The molecule has 1 saturated heterocycles. The summed E-state index contributed by atoms with van der Waals surface area (Å²) in [5.41, 5.74) is 5.59. The van der Waals surface area contributed by atoms with Crippen molar-refractivity contribution >= 4 is 5.91 Å². The summed E-state index contributed by atoms with van der Waals surface area (Å²) in [4.78, 5) is 12.7. The number of halogens is 2. The molecule has 1 aliphatic rings. The van der Waals surface area contributed by atoms with Crippen molar-refractivity contribution in [1.29, 1.82) is 0 Å². The molecule has 0 bridgehead atoms. The molecule has 0 radical (unpaired) electrons. The van der Waals surface area contributed by atoms with Crippen LogP contribution in [0.25, 0.3) is 0 Å². The van der Waals surface area contributed by atoms with E-state index in [1.165, 1.54) is 0 Å². The molecule has 0 aromatic carbocycles. The normalized spacial score (nSPS) is 22.9. The minimum Gasteiger partial charge on any atom is -0.335 e. The Kier molecular flexibility index (Phi) is 3.09. The number of nitrogens with two attached hydrogens (primary N) is 1. The third kappa shape index (κ3) is 2.41. The minimum absolute atomic E-state index is 0.0169. The van der Waals surface area contributed by atoms with Gasteiger partial charge in [-0.2, -0.15) is 0 Å². The molecular formula is C9H16F2N2O. The molecule has 1 amide bonds. The predicted octanol–water partition coefficient (Wildman–Crippen LogP) is 0.837. The zero-order valence-corrected chi connectivity index (χ0v) is 8.46. The van der Waals surface area contributed by atoms with Gasteiger partial charge in [-0.15, -0.1) is 0 Å². The zero-order chi connectivity index (χ0) is 10.9. The van der Waals surface area contributed by atoms with Gasteiger partial charge in [-0.1, -0.05) is 13.8 Å². The largest absolute Gasteiger partial charge is 0.335 e. The van der Waals surface area contributed by atoms with Crippen LogP contribution in [0.1, 0.15) is 20.3 Å². The molecule has 5 heteroatoms. The van der Waals surface area contributed by atoms with E-state index < -0.39 is 18.5 Å². The number of hydrogen-bond donors (Lipinski definition) is 1. The Morgan fingerprint density at radius 2 is 2.07 bits per heavy atom. The zero-order valence-electron chi connectivity index (χ0n) is 8.46. The van der Waals surface area contributed by atoms with E-state index in [1.807, 2.05) is 0 Å². The van der Waals surface area contributed by atoms with Crippen LogP contribution < -0.4 is 5.73 Å². The van der Waals surface area contributed by atoms with Crippen molar-refractivity contribution in [3.8, 4) is 0 Å². The molecule has 0 spiro atoms. The van der Waals surface area contributed by atoms with Gasteiger partial charge in [0.15, 0.2) is 0 Å². The van der Waals surface area contributed by atoms with Gasteiger partial charge in [0.05, 0.1) is 12.6 Å². The van der Waals surface area contributed by atoms with Gasteiger partial charge >= 0.3 is 0 Å². The Morgan fingerprint density at radius 3 is 2.43 bits per heavy atom. The van der Waals surface area contributed by atoms with Gasteiger partial charge in [0.25, 0.3) is 5.92 Å².